The zero-order valence-corrected chi connectivity index (χ0v) is 15.6. The average molecular weight is 369 g/mol. The summed E-state index contributed by atoms with van der Waals surface area (Å²) < 4.78 is 22.3. The van der Waals surface area contributed by atoms with E-state index >= 15 is 0 Å². The lowest BCUT2D eigenvalue weighted by molar-refractivity contribution is 0.117. The molecule has 0 radical (unpaired) electrons. The van der Waals surface area contributed by atoms with E-state index in [1.807, 2.05) is 13.8 Å². The van der Waals surface area contributed by atoms with E-state index in [9.17, 15) is 18.3 Å². The van der Waals surface area contributed by atoms with E-state index in [0.29, 0.717) is 12.5 Å². The number of aromatic nitrogens is 1. The smallest absolute Gasteiger partial charge is 0.407 e. The third-order valence-corrected chi connectivity index (χ3v) is 5.68. The zero-order chi connectivity index (χ0) is 18.7. The molecule has 1 aliphatic heterocycles. The zero-order valence-electron chi connectivity index (χ0n) is 14.8. The number of hydrogen-bond acceptors (Lipinski definition) is 4. The average Bonchev–Trinajstić information content (AvgIpc) is 2.81. The van der Waals surface area contributed by atoms with Crippen LogP contribution < -0.4 is 5.14 Å². The van der Waals surface area contributed by atoms with Gasteiger partial charge in [0.05, 0.1) is 0 Å². The van der Waals surface area contributed by atoms with Crippen LogP contribution in [0.3, 0.4) is 0 Å². The van der Waals surface area contributed by atoms with Gasteiger partial charge in [-0.2, -0.15) is 0 Å². The molecule has 25 heavy (non-hydrogen) atoms. The summed E-state index contributed by atoms with van der Waals surface area (Å²) in [5, 5.41) is 14.2. The van der Waals surface area contributed by atoms with Crippen molar-refractivity contribution in [1.29, 1.82) is 0 Å². The Morgan fingerprint density at radius 2 is 2.08 bits per heavy atom. The molecule has 1 aliphatic rings. The standard InChI is InChI=1S/C17H27N3O4S/c1-17(2)10-14(12-20(17)16(21)22)7-5-3-4-6-13-8-9-15(19-11-13)25(18,23)24/h8-9,11,14H,3-7,10,12H2,1-2H3,(H,21,22)(H2,18,23,24)/t14-/m0/s1. The minimum Gasteiger partial charge on any atom is -0.465 e. The quantitative estimate of drug-likeness (QED) is 0.717. The van der Waals surface area contributed by atoms with Crippen molar-refractivity contribution in [2.45, 2.75) is 62.9 Å². The summed E-state index contributed by atoms with van der Waals surface area (Å²) in [6.45, 7) is 4.60. The molecule has 0 unspecified atom stereocenters. The molecular formula is C17H27N3O4S. The normalized spacial score (nSPS) is 20.0. The van der Waals surface area contributed by atoms with Crippen molar-refractivity contribution in [3.8, 4) is 0 Å². The molecule has 3 N–H and O–H groups in total. The summed E-state index contributed by atoms with van der Waals surface area (Å²) >= 11 is 0. The van der Waals surface area contributed by atoms with E-state index in [4.69, 9.17) is 5.14 Å². The van der Waals surface area contributed by atoms with Crippen molar-refractivity contribution in [2.75, 3.05) is 6.54 Å². The van der Waals surface area contributed by atoms with E-state index in [-0.39, 0.29) is 10.6 Å². The highest BCUT2D eigenvalue weighted by Gasteiger charge is 2.40. The number of hydrogen-bond donors (Lipinski definition) is 2. The van der Waals surface area contributed by atoms with Crippen LogP contribution in [0.15, 0.2) is 23.4 Å². The van der Waals surface area contributed by atoms with Crippen LogP contribution in [-0.4, -0.2) is 41.6 Å². The number of carboxylic acid groups (broad SMARTS) is 1. The highest BCUT2D eigenvalue weighted by Crippen LogP contribution is 2.35. The Labute approximate surface area is 149 Å². The SMILES string of the molecule is CC1(C)C[C@H](CCCCCc2ccc(S(N)(=O)=O)nc2)CN1C(=O)O. The first kappa shape index (κ1) is 19.7. The maximum Gasteiger partial charge on any atom is 0.407 e. The number of carbonyl (C=O) groups is 1. The second-order valence-corrected chi connectivity index (χ2v) is 8.93. The summed E-state index contributed by atoms with van der Waals surface area (Å²) in [7, 11) is -3.74. The largest absolute Gasteiger partial charge is 0.465 e. The molecule has 0 saturated carbocycles. The van der Waals surface area contributed by atoms with Crippen LogP contribution in [-0.2, 0) is 16.4 Å². The molecule has 0 aliphatic carbocycles. The third kappa shape index (κ3) is 5.40. The lowest BCUT2D eigenvalue weighted by atomic mass is 9.92. The number of aryl methyl sites for hydroxylation is 1. The Kier molecular flexibility index (Phi) is 6.05. The molecule has 1 aromatic rings. The van der Waals surface area contributed by atoms with Gasteiger partial charge in [0.1, 0.15) is 0 Å². The predicted octanol–water partition coefficient (Wildman–Crippen LogP) is 2.61. The fourth-order valence-electron chi connectivity index (χ4n) is 3.58. The fourth-order valence-corrected chi connectivity index (χ4v) is 4.04. The maximum atomic E-state index is 11.3. The van der Waals surface area contributed by atoms with E-state index in [1.165, 1.54) is 6.07 Å². The number of rotatable bonds is 7. The summed E-state index contributed by atoms with van der Waals surface area (Å²) in [4.78, 5) is 16.7. The van der Waals surface area contributed by atoms with Gasteiger partial charge >= 0.3 is 6.09 Å². The molecule has 140 valence electrons. The first-order valence-electron chi connectivity index (χ1n) is 8.58. The molecule has 0 aromatic carbocycles. The molecule has 1 aromatic heterocycles. The number of unbranched alkanes of at least 4 members (excludes halogenated alkanes) is 2. The van der Waals surface area contributed by atoms with E-state index in [0.717, 1.165) is 44.1 Å². The van der Waals surface area contributed by atoms with Crippen LogP contribution >= 0.6 is 0 Å². The Hall–Kier alpha value is -1.67. The van der Waals surface area contributed by atoms with Gasteiger partial charge in [0.25, 0.3) is 10.0 Å². The number of pyridine rings is 1. The molecule has 0 bridgehead atoms. The Morgan fingerprint density at radius 3 is 2.60 bits per heavy atom. The number of amides is 1. The topological polar surface area (TPSA) is 114 Å². The first-order valence-corrected chi connectivity index (χ1v) is 10.1. The molecule has 8 heteroatoms. The molecule has 2 heterocycles. The third-order valence-electron chi connectivity index (χ3n) is 4.86. The number of primary sulfonamides is 1. The second kappa shape index (κ2) is 7.70. The van der Waals surface area contributed by atoms with Gasteiger partial charge in [0.15, 0.2) is 5.03 Å². The van der Waals surface area contributed by atoms with Crippen LogP contribution in [0.1, 0.15) is 51.5 Å². The molecule has 1 saturated heterocycles. The van der Waals surface area contributed by atoms with E-state index < -0.39 is 16.1 Å². The summed E-state index contributed by atoms with van der Waals surface area (Å²) in [5.41, 5.74) is 0.721. The number of sulfonamides is 1. The maximum absolute atomic E-state index is 11.3. The molecule has 1 fully saturated rings. The van der Waals surface area contributed by atoms with Crippen LogP contribution in [0, 0.1) is 5.92 Å². The van der Waals surface area contributed by atoms with E-state index in [2.05, 4.69) is 4.98 Å². The minimum absolute atomic E-state index is 0.108. The van der Waals surface area contributed by atoms with Gasteiger partial charge in [0.2, 0.25) is 0 Å². The second-order valence-electron chi connectivity index (χ2n) is 7.42. The van der Waals surface area contributed by atoms with Gasteiger partial charge < -0.3 is 10.0 Å². The van der Waals surface area contributed by atoms with Gasteiger partial charge in [-0.1, -0.05) is 18.9 Å². The van der Waals surface area contributed by atoms with E-state index in [1.54, 1.807) is 17.2 Å². The molecule has 1 amide bonds. The highest BCUT2D eigenvalue weighted by molar-refractivity contribution is 7.89. The highest BCUT2D eigenvalue weighted by atomic mass is 32.2. The van der Waals surface area contributed by atoms with Crippen molar-refractivity contribution in [3.05, 3.63) is 23.9 Å². The number of nitrogens with zero attached hydrogens (tertiary/aromatic N) is 2. The van der Waals surface area contributed by atoms with Crippen LogP contribution in [0.4, 0.5) is 4.79 Å². The first-order chi connectivity index (χ1) is 11.6. The summed E-state index contributed by atoms with van der Waals surface area (Å²) in [5.74, 6) is 0.432. The van der Waals surface area contributed by atoms with Gasteiger partial charge in [-0.25, -0.2) is 23.3 Å². The Morgan fingerprint density at radius 1 is 1.36 bits per heavy atom. The van der Waals surface area contributed by atoms with Crippen molar-refractivity contribution in [1.82, 2.24) is 9.88 Å². The Balaban J connectivity index is 1.70. The van der Waals surface area contributed by atoms with Crippen LogP contribution in [0.25, 0.3) is 0 Å². The van der Waals surface area contributed by atoms with Crippen LogP contribution in [0.5, 0.6) is 0 Å². The van der Waals surface area contributed by atoms with Crippen molar-refractivity contribution >= 4 is 16.1 Å². The lowest BCUT2D eigenvalue weighted by Gasteiger charge is -2.28. The lowest BCUT2D eigenvalue weighted by Crippen LogP contribution is -2.41. The van der Waals surface area contributed by atoms with Crippen molar-refractivity contribution in [2.24, 2.45) is 11.1 Å². The monoisotopic (exact) mass is 369 g/mol. The molecule has 2 rings (SSSR count). The van der Waals surface area contributed by atoms with Crippen molar-refractivity contribution in [3.63, 3.8) is 0 Å². The predicted molar refractivity (Wildman–Crippen MR) is 94.7 cm³/mol. The fraction of sp³-hybridized carbons (Fsp3) is 0.647. The molecule has 7 nitrogen and oxygen atoms in total. The van der Waals surface area contributed by atoms with Gasteiger partial charge in [0, 0.05) is 18.3 Å². The van der Waals surface area contributed by atoms with Gasteiger partial charge in [-0.15, -0.1) is 0 Å². The van der Waals surface area contributed by atoms with Crippen molar-refractivity contribution < 1.29 is 18.3 Å². The summed E-state index contributed by atoms with van der Waals surface area (Å²) in [6.07, 6.45) is 6.64. The molecule has 0 spiro atoms. The Bertz CT molecular complexity index is 701. The number of likely N-dealkylation sites (tertiary alicyclic amines) is 1. The minimum atomic E-state index is -3.74. The summed E-state index contributed by atoms with van der Waals surface area (Å²) in [6, 6.07) is 3.18. The van der Waals surface area contributed by atoms with Gasteiger partial charge in [-0.3, -0.25) is 0 Å². The van der Waals surface area contributed by atoms with Gasteiger partial charge in [-0.05, 0) is 57.1 Å². The molecule has 1 atom stereocenters. The van der Waals surface area contributed by atoms with Crippen LogP contribution in [0.2, 0.25) is 0 Å². The molecular weight excluding hydrogens is 342 g/mol. The number of nitrogens with two attached hydrogens (primary N) is 1.